The molecule has 0 saturated heterocycles. The number of benzene rings is 9. The van der Waals surface area contributed by atoms with E-state index in [0.29, 0.717) is 0 Å². The molecule has 0 N–H and O–H groups in total. The van der Waals surface area contributed by atoms with Crippen LogP contribution in [0.25, 0.3) is 110 Å². The first-order chi connectivity index (χ1) is 31.2. The molecule has 12 aromatic rings. The summed E-state index contributed by atoms with van der Waals surface area (Å²) in [6.07, 6.45) is 0. The number of aromatic nitrogens is 2. The van der Waals surface area contributed by atoms with Gasteiger partial charge in [-0.3, -0.25) is 0 Å². The number of hydrogen-bond donors (Lipinski definition) is 0. The lowest BCUT2D eigenvalue weighted by Gasteiger charge is -2.19. The molecule has 0 aliphatic heterocycles. The minimum absolute atomic E-state index is 0.907. The molecule has 0 unspecified atom stereocenters. The lowest BCUT2D eigenvalue weighted by molar-refractivity contribution is 0.668. The Morgan fingerprint density at radius 3 is 1.50 bits per heavy atom. The quantitative estimate of drug-likeness (QED) is 0.246. The van der Waals surface area contributed by atoms with E-state index in [1.165, 1.54) is 115 Å². The molecule has 64 heavy (non-hydrogen) atoms. The second-order valence-electron chi connectivity index (χ2n) is 17.9. The van der Waals surface area contributed by atoms with Gasteiger partial charge < -0.3 is 13.6 Å². The van der Waals surface area contributed by atoms with Crippen molar-refractivity contribution >= 4 is 159 Å². The van der Waals surface area contributed by atoms with E-state index in [1.54, 1.807) is 0 Å². The molecule has 0 amide bonds. The zero-order chi connectivity index (χ0) is 43.5. The Kier molecular flexibility index (Phi) is 8.69. The monoisotopic (exact) mass is 810 g/mol. The van der Waals surface area contributed by atoms with Crippen LogP contribution >= 0.6 is 0 Å². The van der Waals surface area contributed by atoms with E-state index in [0.717, 1.165) is 33.3 Å². The van der Waals surface area contributed by atoms with Crippen molar-refractivity contribution in [2.24, 2.45) is 0 Å². The molecule has 10 heteroatoms. The highest BCUT2D eigenvalue weighted by atomic mass is 16.3. The SMILES string of the molecule is Bc1c(B)c(B)c2c(c1B)c1c(B)c(-c3ccc4c(c3)c3cc(-c5ccccc5)ccc3n4-c3ccc(-c4ccccc4)cc3)c(B)c(B)c1n2-c1ccc2c(c1)oc1ccccc12. The molecule has 0 fully saturated rings. The molecule has 0 aliphatic carbocycles. The summed E-state index contributed by atoms with van der Waals surface area (Å²) in [5.74, 6) is 0. The first kappa shape index (κ1) is 38.5. The number of nitrogens with zero attached hydrogens (tertiary/aromatic N) is 2. The normalized spacial score (nSPS) is 11.9. The van der Waals surface area contributed by atoms with E-state index in [-0.39, 0.29) is 0 Å². The second-order valence-corrected chi connectivity index (χ2v) is 17.9. The maximum absolute atomic E-state index is 6.50. The summed E-state index contributed by atoms with van der Waals surface area (Å²) in [7, 11) is 16.2. The maximum Gasteiger partial charge on any atom is 0.141 e. The Morgan fingerprint density at radius 1 is 0.312 bits per heavy atom. The molecule has 3 heterocycles. The summed E-state index contributed by atoms with van der Waals surface area (Å²) in [6.45, 7) is 0. The molecule has 3 nitrogen and oxygen atoms in total. The third-order valence-corrected chi connectivity index (χ3v) is 14.6. The summed E-state index contributed by atoms with van der Waals surface area (Å²) in [6, 6.07) is 59.7. The fourth-order valence-electron chi connectivity index (χ4n) is 11.0. The molecule has 294 valence electrons. The van der Waals surface area contributed by atoms with Crippen molar-refractivity contribution in [2.45, 2.75) is 0 Å². The molecule has 3 aromatic heterocycles. The second kappa shape index (κ2) is 14.4. The topological polar surface area (TPSA) is 23.0 Å². The third kappa shape index (κ3) is 5.58. The maximum atomic E-state index is 6.50. The van der Waals surface area contributed by atoms with E-state index in [4.69, 9.17) is 4.42 Å². The highest BCUT2D eigenvalue weighted by molar-refractivity contribution is 6.69. The van der Waals surface area contributed by atoms with Gasteiger partial charge in [0.1, 0.15) is 66.1 Å². The van der Waals surface area contributed by atoms with Crippen LogP contribution in [0, 0.1) is 0 Å². The predicted octanol–water partition coefficient (Wildman–Crippen LogP) is 2.59. The fraction of sp³-hybridized carbons (Fsp3) is 0. The standard InChI is InChI=1S/C54H41B7N2O/c55-46-43(47(56)51(60)53-44(46)45-48(57)49(58)50(59)52(61)54(45)63(53)34-21-22-36-35-13-7-8-14-41(35)64-42(36)27-34)32-18-24-40-38(26-32)37-25-31(29-11-5-2-6-12-29)17-23-39(37)62(40)33-19-15-30(16-20-33)28-9-3-1-4-10-28/h1-27H,55-61H2. The van der Waals surface area contributed by atoms with Gasteiger partial charge in [-0.1, -0.05) is 136 Å². The van der Waals surface area contributed by atoms with Crippen molar-refractivity contribution in [3.63, 3.8) is 0 Å². The van der Waals surface area contributed by atoms with E-state index >= 15 is 0 Å². The van der Waals surface area contributed by atoms with Gasteiger partial charge in [-0.25, -0.2) is 0 Å². The number of rotatable bonds is 5. The van der Waals surface area contributed by atoms with Crippen LogP contribution < -0.4 is 38.2 Å². The lowest BCUT2D eigenvalue weighted by atomic mass is 9.64. The van der Waals surface area contributed by atoms with Crippen LogP contribution in [-0.2, 0) is 0 Å². The van der Waals surface area contributed by atoms with Crippen molar-refractivity contribution in [3.05, 3.63) is 164 Å². The molecular weight excluding hydrogens is 768 g/mol. The zero-order valence-electron chi connectivity index (χ0n) is 37.4. The van der Waals surface area contributed by atoms with E-state index in [2.05, 4.69) is 222 Å². The molecule has 9 aromatic carbocycles. The Bertz CT molecular complexity index is 3910. The molecule has 0 bridgehead atoms. The van der Waals surface area contributed by atoms with Gasteiger partial charge >= 0.3 is 0 Å². The van der Waals surface area contributed by atoms with Crippen molar-refractivity contribution in [1.82, 2.24) is 9.13 Å². The van der Waals surface area contributed by atoms with Gasteiger partial charge in [0.05, 0.1) is 11.0 Å². The molecule has 0 atom stereocenters. The van der Waals surface area contributed by atoms with E-state index < -0.39 is 0 Å². The molecular formula is C54H41B7N2O. The molecule has 0 spiro atoms. The van der Waals surface area contributed by atoms with Crippen LogP contribution in [0.1, 0.15) is 0 Å². The summed E-state index contributed by atoms with van der Waals surface area (Å²) < 4.78 is 11.5. The van der Waals surface area contributed by atoms with Gasteiger partial charge in [-0.2, -0.15) is 0 Å². The third-order valence-electron chi connectivity index (χ3n) is 14.6. The van der Waals surface area contributed by atoms with Gasteiger partial charge in [-0.05, 0) is 93.4 Å². The van der Waals surface area contributed by atoms with Crippen LogP contribution in [0.4, 0.5) is 0 Å². The van der Waals surface area contributed by atoms with Crippen LogP contribution in [0.15, 0.2) is 168 Å². The highest BCUT2D eigenvalue weighted by Gasteiger charge is 2.26. The van der Waals surface area contributed by atoms with Gasteiger partial charge in [0.15, 0.2) is 0 Å². The van der Waals surface area contributed by atoms with Crippen LogP contribution in [-0.4, -0.2) is 64.1 Å². The number of furan rings is 1. The molecule has 12 rings (SSSR count). The van der Waals surface area contributed by atoms with Gasteiger partial charge in [0.25, 0.3) is 0 Å². The van der Waals surface area contributed by atoms with Gasteiger partial charge in [0.2, 0.25) is 0 Å². The van der Waals surface area contributed by atoms with Crippen LogP contribution in [0.2, 0.25) is 0 Å². The average molecular weight is 810 g/mol. The predicted molar refractivity (Wildman–Crippen MR) is 296 cm³/mol. The Hall–Kier alpha value is -7.17. The van der Waals surface area contributed by atoms with Gasteiger partial charge in [-0.15, -0.1) is 5.46 Å². The number of hydrogen-bond acceptors (Lipinski definition) is 1. The minimum Gasteiger partial charge on any atom is -0.456 e. The Morgan fingerprint density at radius 2 is 0.812 bits per heavy atom. The van der Waals surface area contributed by atoms with E-state index in [9.17, 15) is 0 Å². The number of fused-ring (bicyclic) bond motifs is 9. The Labute approximate surface area is 379 Å². The van der Waals surface area contributed by atoms with E-state index in [1.807, 2.05) is 6.07 Å². The van der Waals surface area contributed by atoms with Crippen LogP contribution in [0.5, 0.6) is 0 Å². The largest absolute Gasteiger partial charge is 0.456 e. The molecule has 0 saturated carbocycles. The van der Waals surface area contributed by atoms with Crippen LogP contribution in [0.3, 0.4) is 0 Å². The number of para-hydroxylation sites is 1. The average Bonchev–Trinajstić information content (AvgIpc) is 4.00. The van der Waals surface area contributed by atoms with Crippen molar-refractivity contribution in [3.8, 4) is 44.8 Å². The summed E-state index contributed by atoms with van der Waals surface area (Å²) in [5, 5.41) is 7.45. The summed E-state index contributed by atoms with van der Waals surface area (Å²) in [5.41, 5.74) is 25.7. The molecule has 0 aliphatic rings. The minimum atomic E-state index is 0.907. The van der Waals surface area contributed by atoms with Gasteiger partial charge in [0, 0.05) is 55.4 Å². The first-order valence-electron chi connectivity index (χ1n) is 22.4. The highest BCUT2D eigenvalue weighted by Crippen LogP contribution is 2.39. The zero-order valence-corrected chi connectivity index (χ0v) is 37.4. The smallest absolute Gasteiger partial charge is 0.141 e. The van der Waals surface area contributed by atoms with Crippen molar-refractivity contribution in [1.29, 1.82) is 0 Å². The summed E-state index contributed by atoms with van der Waals surface area (Å²) in [4.78, 5) is 0. The summed E-state index contributed by atoms with van der Waals surface area (Å²) >= 11 is 0. The van der Waals surface area contributed by atoms with Crippen molar-refractivity contribution < 1.29 is 4.42 Å². The molecule has 0 radical (unpaired) electrons. The first-order valence-corrected chi connectivity index (χ1v) is 22.4. The Balaban J connectivity index is 1.12. The fourth-order valence-corrected chi connectivity index (χ4v) is 11.0. The lowest BCUT2D eigenvalue weighted by Crippen LogP contribution is -2.48. The van der Waals surface area contributed by atoms with Crippen molar-refractivity contribution in [2.75, 3.05) is 0 Å².